The number of nitrogens with one attached hydrogen (secondary N) is 1. The van der Waals surface area contributed by atoms with E-state index >= 15 is 0 Å². The maximum absolute atomic E-state index is 11.2. The molecule has 0 fully saturated rings. The van der Waals surface area contributed by atoms with Crippen molar-refractivity contribution in [3.8, 4) is 0 Å². The SMILES string of the molecule is C/C=C/C(=O)Nc1cc(Cl)ccc1Br. The van der Waals surface area contributed by atoms with Crippen molar-refractivity contribution in [1.82, 2.24) is 0 Å². The van der Waals surface area contributed by atoms with Gasteiger partial charge in [-0.2, -0.15) is 0 Å². The van der Waals surface area contributed by atoms with Crippen molar-refractivity contribution in [1.29, 1.82) is 0 Å². The molecule has 74 valence electrons. The molecule has 0 saturated carbocycles. The first kappa shape index (κ1) is 11.3. The molecule has 2 nitrogen and oxygen atoms in total. The Morgan fingerprint density at radius 2 is 2.29 bits per heavy atom. The van der Waals surface area contributed by atoms with E-state index < -0.39 is 0 Å². The first-order valence-electron chi connectivity index (χ1n) is 4.02. The molecule has 0 aromatic heterocycles. The molecule has 0 aliphatic carbocycles. The second-order valence-corrected chi connectivity index (χ2v) is 3.90. The van der Waals surface area contributed by atoms with Gasteiger partial charge in [-0.25, -0.2) is 0 Å². The minimum Gasteiger partial charge on any atom is -0.321 e. The molecule has 1 amide bonds. The monoisotopic (exact) mass is 273 g/mol. The Kier molecular flexibility index (Phi) is 4.17. The third-order valence-corrected chi connectivity index (χ3v) is 2.43. The first-order chi connectivity index (χ1) is 6.63. The Hall–Kier alpha value is -0.800. The van der Waals surface area contributed by atoms with Gasteiger partial charge in [0.1, 0.15) is 0 Å². The molecular formula is C10H9BrClNO. The topological polar surface area (TPSA) is 29.1 Å². The lowest BCUT2D eigenvalue weighted by Crippen LogP contribution is -2.07. The fourth-order valence-electron chi connectivity index (χ4n) is 0.919. The summed E-state index contributed by atoms with van der Waals surface area (Å²) in [6.07, 6.45) is 3.13. The average Bonchev–Trinajstić information content (AvgIpc) is 2.12. The van der Waals surface area contributed by atoms with Crippen LogP contribution in [0, 0.1) is 0 Å². The van der Waals surface area contributed by atoms with E-state index in [0.29, 0.717) is 10.7 Å². The number of benzene rings is 1. The fourth-order valence-corrected chi connectivity index (χ4v) is 1.44. The molecule has 0 atom stereocenters. The summed E-state index contributed by atoms with van der Waals surface area (Å²) in [6.45, 7) is 1.78. The molecule has 1 aromatic rings. The van der Waals surface area contributed by atoms with E-state index in [1.165, 1.54) is 6.08 Å². The van der Waals surface area contributed by atoms with Crippen molar-refractivity contribution in [2.24, 2.45) is 0 Å². The molecule has 0 heterocycles. The maximum Gasteiger partial charge on any atom is 0.248 e. The molecule has 14 heavy (non-hydrogen) atoms. The minimum absolute atomic E-state index is 0.171. The molecular weight excluding hydrogens is 265 g/mol. The largest absolute Gasteiger partial charge is 0.321 e. The third-order valence-electron chi connectivity index (χ3n) is 1.50. The number of carbonyl (C=O) groups is 1. The van der Waals surface area contributed by atoms with Gasteiger partial charge in [0.05, 0.1) is 5.69 Å². The minimum atomic E-state index is -0.171. The molecule has 0 saturated heterocycles. The van der Waals surface area contributed by atoms with Crippen LogP contribution in [0.2, 0.25) is 5.02 Å². The molecule has 0 radical (unpaired) electrons. The molecule has 0 unspecified atom stereocenters. The molecule has 0 spiro atoms. The van der Waals surface area contributed by atoms with Gasteiger partial charge in [-0.15, -0.1) is 0 Å². The number of amides is 1. The molecule has 0 aliphatic heterocycles. The van der Waals surface area contributed by atoms with E-state index in [2.05, 4.69) is 21.2 Å². The zero-order chi connectivity index (χ0) is 10.6. The maximum atomic E-state index is 11.2. The van der Waals surface area contributed by atoms with Gasteiger partial charge >= 0.3 is 0 Å². The van der Waals surface area contributed by atoms with Gasteiger partial charge in [0, 0.05) is 9.50 Å². The number of hydrogen-bond donors (Lipinski definition) is 1. The highest BCUT2D eigenvalue weighted by Crippen LogP contribution is 2.25. The molecule has 0 bridgehead atoms. The summed E-state index contributed by atoms with van der Waals surface area (Å²) in [4.78, 5) is 11.2. The lowest BCUT2D eigenvalue weighted by Gasteiger charge is -2.04. The number of halogens is 2. The van der Waals surface area contributed by atoms with E-state index in [-0.39, 0.29) is 5.91 Å². The summed E-state index contributed by atoms with van der Waals surface area (Å²) in [5.74, 6) is -0.171. The zero-order valence-corrected chi connectivity index (χ0v) is 9.89. The Balaban J connectivity index is 2.85. The van der Waals surface area contributed by atoms with Crippen LogP contribution < -0.4 is 5.32 Å². The Morgan fingerprint density at radius 1 is 1.57 bits per heavy atom. The summed E-state index contributed by atoms with van der Waals surface area (Å²) >= 11 is 9.10. The van der Waals surface area contributed by atoms with Crippen LogP contribution in [0.4, 0.5) is 5.69 Å². The van der Waals surface area contributed by atoms with Crippen LogP contribution in [0.5, 0.6) is 0 Å². The van der Waals surface area contributed by atoms with Crippen molar-refractivity contribution in [3.63, 3.8) is 0 Å². The lowest BCUT2D eigenvalue weighted by atomic mass is 10.3. The van der Waals surface area contributed by atoms with Crippen LogP contribution in [-0.2, 0) is 4.79 Å². The quantitative estimate of drug-likeness (QED) is 0.820. The molecule has 1 N–H and O–H groups in total. The summed E-state index contributed by atoms with van der Waals surface area (Å²) < 4.78 is 0.805. The van der Waals surface area contributed by atoms with Crippen molar-refractivity contribution >= 4 is 39.1 Å². The highest BCUT2D eigenvalue weighted by molar-refractivity contribution is 9.10. The number of rotatable bonds is 2. The molecule has 1 rings (SSSR count). The van der Waals surface area contributed by atoms with Crippen molar-refractivity contribution in [3.05, 3.63) is 39.8 Å². The summed E-state index contributed by atoms with van der Waals surface area (Å²) in [5, 5.41) is 3.28. The first-order valence-corrected chi connectivity index (χ1v) is 5.19. The second kappa shape index (κ2) is 5.17. The van der Waals surface area contributed by atoms with E-state index in [1.54, 1.807) is 31.2 Å². The molecule has 0 aliphatic rings. The van der Waals surface area contributed by atoms with E-state index in [4.69, 9.17) is 11.6 Å². The van der Waals surface area contributed by atoms with Crippen LogP contribution in [-0.4, -0.2) is 5.91 Å². The normalized spacial score (nSPS) is 10.5. The number of allylic oxidation sites excluding steroid dienone is 1. The van der Waals surface area contributed by atoms with Gasteiger partial charge in [-0.05, 0) is 47.1 Å². The number of anilines is 1. The number of hydrogen-bond acceptors (Lipinski definition) is 1. The summed E-state index contributed by atoms with van der Waals surface area (Å²) in [7, 11) is 0. The third kappa shape index (κ3) is 3.16. The highest BCUT2D eigenvalue weighted by Gasteiger charge is 2.02. The predicted octanol–water partition coefficient (Wildman–Crippen LogP) is 3.62. The van der Waals surface area contributed by atoms with Gasteiger partial charge < -0.3 is 5.32 Å². The zero-order valence-electron chi connectivity index (χ0n) is 7.55. The molecule has 4 heteroatoms. The second-order valence-electron chi connectivity index (χ2n) is 2.61. The van der Waals surface area contributed by atoms with E-state index in [9.17, 15) is 4.79 Å². The van der Waals surface area contributed by atoms with Crippen LogP contribution >= 0.6 is 27.5 Å². The van der Waals surface area contributed by atoms with Crippen molar-refractivity contribution < 1.29 is 4.79 Å². The van der Waals surface area contributed by atoms with Gasteiger partial charge in [-0.3, -0.25) is 4.79 Å². The van der Waals surface area contributed by atoms with E-state index in [0.717, 1.165) is 4.47 Å². The van der Waals surface area contributed by atoms with Crippen LogP contribution in [0.25, 0.3) is 0 Å². The molecule has 1 aromatic carbocycles. The van der Waals surface area contributed by atoms with E-state index in [1.807, 2.05) is 0 Å². The fraction of sp³-hybridized carbons (Fsp3) is 0.100. The Bertz CT molecular complexity index is 376. The average molecular weight is 275 g/mol. The standard InChI is InChI=1S/C10H9BrClNO/c1-2-3-10(14)13-9-6-7(12)4-5-8(9)11/h2-6H,1H3,(H,13,14)/b3-2+. The summed E-state index contributed by atoms with van der Waals surface area (Å²) in [6, 6.07) is 5.22. The summed E-state index contributed by atoms with van der Waals surface area (Å²) in [5.41, 5.74) is 0.667. The Labute approximate surface area is 96.1 Å². The van der Waals surface area contributed by atoms with Gasteiger partial charge in [0.2, 0.25) is 5.91 Å². The van der Waals surface area contributed by atoms with Crippen molar-refractivity contribution in [2.45, 2.75) is 6.92 Å². The van der Waals surface area contributed by atoms with Crippen LogP contribution in [0.3, 0.4) is 0 Å². The highest BCUT2D eigenvalue weighted by atomic mass is 79.9. The number of carbonyl (C=O) groups excluding carboxylic acids is 1. The van der Waals surface area contributed by atoms with Crippen molar-refractivity contribution in [2.75, 3.05) is 5.32 Å². The predicted molar refractivity (Wildman–Crippen MR) is 62.6 cm³/mol. The lowest BCUT2D eigenvalue weighted by molar-refractivity contribution is -0.111. The van der Waals surface area contributed by atoms with Crippen LogP contribution in [0.1, 0.15) is 6.92 Å². The smallest absolute Gasteiger partial charge is 0.248 e. The van der Waals surface area contributed by atoms with Crippen LogP contribution in [0.15, 0.2) is 34.8 Å². The van der Waals surface area contributed by atoms with Gasteiger partial charge in [0.25, 0.3) is 0 Å². The van der Waals surface area contributed by atoms with Gasteiger partial charge in [-0.1, -0.05) is 17.7 Å². The Morgan fingerprint density at radius 3 is 2.93 bits per heavy atom. The van der Waals surface area contributed by atoms with Gasteiger partial charge in [0.15, 0.2) is 0 Å².